The summed E-state index contributed by atoms with van der Waals surface area (Å²) < 4.78 is 67.5. The van der Waals surface area contributed by atoms with Crippen LogP contribution < -0.4 is 4.72 Å². The molecule has 168 valence electrons. The van der Waals surface area contributed by atoms with E-state index < -0.39 is 27.7 Å². The predicted molar refractivity (Wildman–Crippen MR) is 114 cm³/mol. The Kier molecular flexibility index (Phi) is 6.68. The van der Waals surface area contributed by atoms with Gasteiger partial charge in [-0.2, -0.15) is 13.2 Å². The van der Waals surface area contributed by atoms with E-state index in [-0.39, 0.29) is 22.8 Å². The maximum atomic E-state index is 13.6. The first-order valence-corrected chi connectivity index (χ1v) is 12.4. The number of rotatable bonds is 7. The van der Waals surface area contributed by atoms with Gasteiger partial charge in [0, 0.05) is 16.5 Å². The molecule has 0 atom stereocenters. The number of aromatic nitrogens is 2. The number of hydrogen-bond donors (Lipinski definition) is 1. The number of nitrogens with one attached hydrogen (secondary N) is 1. The van der Waals surface area contributed by atoms with Gasteiger partial charge in [0.05, 0.1) is 18.4 Å². The van der Waals surface area contributed by atoms with E-state index in [0.29, 0.717) is 28.9 Å². The summed E-state index contributed by atoms with van der Waals surface area (Å²) in [4.78, 5) is 16.8. The molecule has 3 aromatic rings. The molecule has 1 N–H and O–H groups in total. The first-order valence-electron chi connectivity index (χ1n) is 9.25. The van der Waals surface area contributed by atoms with Crippen molar-refractivity contribution in [2.24, 2.45) is 0 Å². The van der Waals surface area contributed by atoms with Crippen molar-refractivity contribution in [2.45, 2.75) is 38.9 Å². The molecule has 31 heavy (non-hydrogen) atoms. The smallest absolute Gasteiger partial charge is 0.318 e. The minimum atomic E-state index is -4.55. The topological polar surface area (TPSA) is 81.1 Å². The normalized spacial score (nSPS) is 12.5. The molecule has 12 heteroatoms. The van der Waals surface area contributed by atoms with Gasteiger partial charge in [-0.1, -0.05) is 31.0 Å². The van der Waals surface area contributed by atoms with Gasteiger partial charge in [0.1, 0.15) is 11.5 Å². The van der Waals surface area contributed by atoms with Crippen molar-refractivity contribution in [3.63, 3.8) is 0 Å². The third-order valence-electron chi connectivity index (χ3n) is 4.56. The second-order valence-electron chi connectivity index (χ2n) is 7.00. The molecule has 0 fully saturated rings. The monoisotopic (exact) mass is 493 g/mol. The Labute approximate surface area is 186 Å². The van der Waals surface area contributed by atoms with Crippen molar-refractivity contribution in [2.75, 3.05) is 6.26 Å². The molecule has 0 unspecified atom stereocenters. The summed E-state index contributed by atoms with van der Waals surface area (Å²) in [5.74, 6) is -0.590. The fraction of sp³-hybridized carbons (Fsp3) is 0.368. The number of amides is 1. The number of sulfonamides is 1. The maximum absolute atomic E-state index is 13.6. The Morgan fingerprint density at radius 1 is 1.32 bits per heavy atom. The molecule has 2 aromatic heterocycles. The molecule has 1 aromatic carbocycles. The van der Waals surface area contributed by atoms with Crippen LogP contribution in [0.25, 0.3) is 10.1 Å². The lowest BCUT2D eigenvalue weighted by Crippen LogP contribution is -2.31. The Balaban J connectivity index is 2.15. The van der Waals surface area contributed by atoms with Crippen LogP contribution in [0.3, 0.4) is 0 Å². The first kappa shape index (κ1) is 23.6. The minimum Gasteiger partial charge on any atom is -0.318 e. The lowest BCUT2D eigenvalue weighted by Gasteiger charge is -2.14. The molecule has 0 bridgehead atoms. The van der Waals surface area contributed by atoms with Crippen molar-refractivity contribution in [3.05, 3.63) is 51.4 Å². The van der Waals surface area contributed by atoms with Crippen LogP contribution in [-0.2, 0) is 29.2 Å². The van der Waals surface area contributed by atoms with Crippen LogP contribution >= 0.6 is 22.9 Å². The van der Waals surface area contributed by atoms with Crippen molar-refractivity contribution in [3.8, 4) is 0 Å². The predicted octanol–water partition coefficient (Wildman–Crippen LogP) is 4.85. The standard InChI is InChI=1S/C19H19ClF3N3O3S2/c1-3-4-8-14-24-17(20)16(18(27)25-31(2,28)29)26(14)9-11-10-30-13-7-5-6-12(15(11)13)19(21,22)23/h5-7,10H,3-4,8-9H2,1-2H3,(H,25,27). The number of halogens is 4. The molecule has 0 saturated heterocycles. The fourth-order valence-corrected chi connectivity index (χ4v) is 4.97. The molecular weight excluding hydrogens is 475 g/mol. The third-order valence-corrected chi connectivity index (χ3v) is 6.38. The van der Waals surface area contributed by atoms with Crippen molar-refractivity contribution < 1.29 is 26.4 Å². The lowest BCUT2D eigenvalue weighted by atomic mass is 10.1. The highest BCUT2D eigenvalue weighted by atomic mass is 35.5. The summed E-state index contributed by atoms with van der Waals surface area (Å²) in [7, 11) is -3.88. The van der Waals surface area contributed by atoms with Crippen LogP contribution in [0.4, 0.5) is 13.2 Å². The van der Waals surface area contributed by atoms with Gasteiger partial charge in [0.15, 0.2) is 5.15 Å². The molecule has 3 rings (SSSR count). The molecule has 0 saturated carbocycles. The fourth-order valence-electron chi connectivity index (χ4n) is 3.27. The number of thiophene rings is 1. The van der Waals surface area contributed by atoms with E-state index in [4.69, 9.17) is 11.6 Å². The number of alkyl halides is 3. The average molecular weight is 494 g/mol. The molecule has 1 amide bonds. The van der Waals surface area contributed by atoms with Crippen LogP contribution in [0.5, 0.6) is 0 Å². The average Bonchev–Trinajstić information content (AvgIpc) is 3.19. The molecule has 6 nitrogen and oxygen atoms in total. The SMILES string of the molecule is CCCCc1nc(Cl)c(C(=O)NS(C)(=O)=O)n1Cc1csc2cccc(C(F)(F)F)c12. The Bertz CT molecular complexity index is 1230. The van der Waals surface area contributed by atoms with E-state index in [9.17, 15) is 26.4 Å². The van der Waals surface area contributed by atoms with Crippen LogP contribution in [-0.4, -0.2) is 30.1 Å². The minimum absolute atomic E-state index is 0.0423. The largest absolute Gasteiger partial charge is 0.417 e. The number of fused-ring (bicyclic) bond motifs is 1. The summed E-state index contributed by atoms with van der Waals surface area (Å²) in [5.41, 5.74) is -0.639. The number of imidazole rings is 1. The molecule has 0 aliphatic carbocycles. The van der Waals surface area contributed by atoms with Crippen LogP contribution in [0.2, 0.25) is 5.15 Å². The highest BCUT2D eigenvalue weighted by Crippen LogP contribution is 2.39. The summed E-state index contributed by atoms with van der Waals surface area (Å²) in [5, 5.41) is 1.43. The number of benzene rings is 1. The van der Waals surface area contributed by atoms with E-state index in [1.807, 2.05) is 11.6 Å². The highest BCUT2D eigenvalue weighted by molar-refractivity contribution is 7.89. The summed E-state index contributed by atoms with van der Waals surface area (Å²) in [6.07, 6.45) is -1.78. The number of carbonyl (C=O) groups excluding carboxylic acids is 1. The number of aryl methyl sites for hydroxylation is 1. The van der Waals surface area contributed by atoms with Crippen LogP contribution in [0.15, 0.2) is 23.6 Å². The molecule has 2 heterocycles. The highest BCUT2D eigenvalue weighted by Gasteiger charge is 2.34. The number of unbranched alkanes of at least 4 members (excludes halogenated alkanes) is 1. The zero-order chi connectivity index (χ0) is 23.0. The van der Waals surface area contributed by atoms with Gasteiger partial charge in [0.25, 0.3) is 5.91 Å². The van der Waals surface area contributed by atoms with Crippen molar-refractivity contribution >= 4 is 49.0 Å². The van der Waals surface area contributed by atoms with Gasteiger partial charge >= 0.3 is 6.18 Å². The van der Waals surface area contributed by atoms with Gasteiger partial charge in [-0.15, -0.1) is 11.3 Å². The molecule has 0 spiro atoms. The van der Waals surface area contributed by atoms with E-state index in [1.165, 1.54) is 10.6 Å². The summed E-state index contributed by atoms with van der Waals surface area (Å²) >= 11 is 7.31. The van der Waals surface area contributed by atoms with Gasteiger partial charge in [-0.25, -0.2) is 18.1 Å². The van der Waals surface area contributed by atoms with Crippen LogP contribution in [0.1, 0.15) is 47.2 Å². The zero-order valence-corrected chi connectivity index (χ0v) is 19.0. The second-order valence-corrected chi connectivity index (χ2v) is 10.0. The van der Waals surface area contributed by atoms with Gasteiger partial charge < -0.3 is 4.57 Å². The van der Waals surface area contributed by atoms with Crippen molar-refractivity contribution in [1.29, 1.82) is 0 Å². The Morgan fingerprint density at radius 3 is 2.65 bits per heavy atom. The Morgan fingerprint density at radius 2 is 2.03 bits per heavy atom. The number of nitrogens with zero attached hydrogens (tertiary/aromatic N) is 2. The summed E-state index contributed by atoms with van der Waals surface area (Å²) in [6.45, 7) is 1.84. The molecule has 0 aliphatic heterocycles. The van der Waals surface area contributed by atoms with Gasteiger partial charge in [-0.3, -0.25) is 4.79 Å². The lowest BCUT2D eigenvalue weighted by molar-refractivity contribution is -0.136. The second kappa shape index (κ2) is 8.79. The van der Waals surface area contributed by atoms with Crippen molar-refractivity contribution in [1.82, 2.24) is 14.3 Å². The molecule has 0 aliphatic rings. The Hall–Kier alpha value is -2.11. The van der Waals surface area contributed by atoms with Gasteiger partial charge in [-0.05, 0) is 29.5 Å². The number of hydrogen-bond acceptors (Lipinski definition) is 5. The van der Waals surface area contributed by atoms with Crippen LogP contribution in [0, 0.1) is 0 Å². The summed E-state index contributed by atoms with van der Waals surface area (Å²) in [6, 6.07) is 3.95. The zero-order valence-electron chi connectivity index (χ0n) is 16.6. The first-order chi connectivity index (χ1) is 14.4. The van der Waals surface area contributed by atoms with E-state index in [0.717, 1.165) is 30.1 Å². The molecular formula is C19H19ClF3N3O3S2. The van der Waals surface area contributed by atoms with E-state index >= 15 is 0 Å². The molecule has 0 radical (unpaired) electrons. The third kappa shape index (κ3) is 5.21. The van der Waals surface area contributed by atoms with E-state index in [2.05, 4.69) is 4.98 Å². The maximum Gasteiger partial charge on any atom is 0.417 e. The number of carbonyl (C=O) groups is 1. The van der Waals surface area contributed by atoms with Gasteiger partial charge in [0.2, 0.25) is 10.0 Å². The quantitative estimate of drug-likeness (QED) is 0.510. The van der Waals surface area contributed by atoms with E-state index in [1.54, 1.807) is 11.4 Å².